The fourth-order valence-corrected chi connectivity index (χ4v) is 4.96. The molecule has 3 rings (SSSR count). The van der Waals surface area contributed by atoms with Gasteiger partial charge in [0.2, 0.25) is 15.9 Å². The normalized spacial score (nSPS) is 21.3. The zero-order valence-electron chi connectivity index (χ0n) is 17.1. The molecule has 0 spiro atoms. The number of carbonyl (C=O) groups excluding carboxylic acids is 2. The summed E-state index contributed by atoms with van der Waals surface area (Å²) in [5.41, 5.74) is -0.625. The van der Waals surface area contributed by atoms with Crippen LogP contribution in [0.25, 0.3) is 0 Å². The number of sulfonamides is 1. The van der Waals surface area contributed by atoms with Crippen LogP contribution in [0.5, 0.6) is 0 Å². The Morgan fingerprint density at radius 1 is 1.14 bits per heavy atom. The topological polar surface area (TPSA) is 100 Å². The Morgan fingerprint density at radius 3 is 2.41 bits per heavy atom. The second kappa shape index (κ2) is 8.27. The zero-order valence-corrected chi connectivity index (χ0v) is 17.9. The number of carbonyl (C=O) groups is 2. The van der Waals surface area contributed by atoms with Crippen molar-refractivity contribution in [1.82, 2.24) is 19.1 Å². The summed E-state index contributed by atoms with van der Waals surface area (Å²) in [7, 11) is -3.63. The fourth-order valence-electron chi connectivity index (χ4n) is 3.57. The zero-order chi connectivity index (χ0) is 21.2. The number of piperazine rings is 1. The Labute approximate surface area is 171 Å². The first-order valence-electron chi connectivity index (χ1n) is 9.78. The number of ether oxygens (including phenoxy) is 1. The fraction of sp³-hybridized carbons (Fsp3) is 0.632. The van der Waals surface area contributed by atoms with Gasteiger partial charge in [-0.05, 0) is 45.7 Å². The lowest BCUT2D eigenvalue weighted by atomic mass is 10.1. The molecule has 2 aliphatic heterocycles. The Kier molecular flexibility index (Phi) is 6.13. The number of hydrogen-bond donors (Lipinski definition) is 0. The molecule has 0 aliphatic carbocycles. The molecule has 160 valence electrons. The summed E-state index contributed by atoms with van der Waals surface area (Å²) in [5, 5.41) is 0. The molecule has 0 aromatic carbocycles. The molecule has 3 heterocycles. The van der Waals surface area contributed by atoms with Gasteiger partial charge in [0.15, 0.2) is 0 Å². The van der Waals surface area contributed by atoms with E-state index in [2.05, 4.69) is 4.98 Å². The minimum atomic E-state index is -3.63. The summed E-state index contributed by atoms with van der Waals surface area (Å²) in [6.07, 6.45) is 3.70. The van der Waals surface area contributed by atoms with Crippen LogP contribution in [0.1, 0.15) is 33.6 Å². The number of aromatic nitrogens is 1. The first-order chi connectivity index (χ1) is 13.6. The SMILES string of the molecule is CC(C)(C)OC(=O)N1CCC[C@H]1C(=O)N1CCN(S(=O)(=O)c2cccnc2)CC1. The van der Waals surface area contributed by atoms with Gasteiger partial charge in [0.1, 0.15) is 16.5 Å². The highest BCUT2D eigenvalue weighted by Gasteiger charge is 2.40. The Hall–Kier alpha value is -2.20. The van der Waals surface area contributed by atoms with Gasteiger partial charge in [-0.1, -0.05) is 0 Å². The third-order valence-corrected chi connectivity index (χ3v) is 6.87. The predicted octanol–water partition coefficient (Wildman–Crippen LogP) is 1.31. The highest BCUT2D eigenvalue weighted by Crippen LogP contribution is 2.24. The van der Waals surface area contributed by atoms with Gasteiger partial charge < -0.3 is 9.64 Å². The van der Waals surface area contributed by atoms with Crippen molar-refractivity contribution in [2.75, 3.05) is 32.7 Å². The van der Waals surface area contributed by atoms with E-state index in [1.165, 1.54) is 27.7 Å². The van der Waals surface area contributed by atoms with Gasteiger partial charge in [0.05, 0.1) is 0 Å². The minimum absolute atomic E-state index is 0.145. The first-order valence-corrected chi connectivity index (χ1v) is 11.2. The van der Waals surface area contributed by atoms with Crippen molar-refractivity contribution in [3.8, 4) is 0 Å². The molecule has 0 bridgehead atoms. The number of nitrogens with zero attached hydrogens (tertiary/aromatic N) is 4. The Balaban J connectivity index is 1.62. The lowest BCUT2D eigenvalue weighted by molar-refractivity contribution is -0.137. The monoisotopic (exact) mass is 424 g/mol. The van der Waals surface area contributed by atoms with Gasteiger partial charge in [-0.25, -0.2) is 13.2 Å². The van der Waals surface area contributed by atoms with Crippen LogP contribution in [0.3, 0.4) is 0 Å². The maximum Gasteiger partial charge on any atom is 0.410 e. The molecule has 1 atom stereocenters. The molecule has 2 aliphatic rings. The van der Waals surface area contributed by atoms with Crippen LogP contribution in [0.4, 0.5) is 4.79 Å². The van der Waals surface area contributed by atoms with Crippen molar-refractivity contribution in [1.29, 1.82) is 0 Å². The molecule has 10 heteroatoms. The average molecular weight is 425 g/mol. The third-order valence-electron chi connectivity index (χ3n) is 4.99. The van der Waals surface area contributed by atoms with E-state index in [0.717, 1.165) is 6.42 Å². The molecule has 2 saturated heterocycles. The first kappa shape index (κ1) is 21.5. The van der Waals surface area contributed by atoms with E-state index < -0.39 is 27.8 Å². The second-order valence-electron chi connectivity index (χ2n) is 8.25. The molecule has 2 amide bonds. The third kappa shape index (κ3) is 4.87. The molecule has 0 radical (unpaired) electrons. The van der Waals surface area contributed by atoms with E-state index in [-0.39, 0.29) is 37.0 Å². The summed E-state index contributed by atoms with van der Waals surface area (Å²) in [5.74, 6) is -0.146. The van der Waals surface area contributed by atoms with E-state index in [1.54, 1.807) is 31.7 Å². The van der Waals surface area contributed by atoms with Crippen LogP contribution in [0.15, 0.2) is 29.4 Å². The van der Waals surface area contributed by atoms with Crippen molar-refractivity contribution in [2.45, 2.75) is 50.2 Å². The summed E-state index contributed by atoms with van der Waals surface area (Å²) < 4.78 is 32.2. The summed E-state index contributed by atoms with van der Waals surface area (Å²) in [4.78, 5) is 32.6. The van der Waals surface area contributed by atoms with Gasteiger partial charge >= 0.3 is 6.09 Å². The molecule has 29 heavy (non-hydrogen) atoms. The van der Waals surface area contributed by atoms with E-state index >= 15 is 0 Å². The number of rotatable bonds is 3. The molecule has 0 saturated carbocycles. The smallest absolute Gasteiger partial charge is 0.410 e. The van der Waals surface area contributed by atoms with Crippen molar-refractivity contribution in [3.63, 3.8) is 0 Å². The van der Waals surface area contributed by atoms with Crippen LogP contribution in [0, 0.1) is 0 Å². The lowest BCUT2D eigenvalue weighted by Gasteiger charge is -2.36. The number of hydrogen-bond acceptors (Lipinski definition) is 6. The van der Waals surface area contributed by atoms with Crippen molar-refractivity contribution in [2.24, 2.45) is 0 Å². The van der Waals surface area contributed by atoms with Crippen LogP contribution >= 0.6 is 0 Å². The standard InChI is InChI=1S/C19H28N4O5S/c1-19(2,3)28-18(25)23-9-5-7-16(23)17(24)21-10-12-22(13-11-21)29(26,27)15-6-4-8-20-14-15/h4,6,8,14,16H,5,7,9-13H2,1-3H3/t16-/m0/s1. The molecular weight excluding hydrogens is 396 g/mol. The molecule has 1 aromatic heterocycles. The predicted molar refractivity (Wildman–Crippen MR) is 106 cm³/mol. The van der Waals surface area contributed by atoms with Crippen molar-refractivity contribution < 1.29 is 22.7 Å². The lowest BCUT2D eigenvalue weighted by Crippen LogP contribution is -2.55. The summed E-state index contributed by atoms with van der Waals surface area (Å²) in [6.45, 7) is 6.86. The molecule has 0 N–H and O–H groups in total. The highest BCUT2D eigenvalue weighted by atomic mass is 32.2. The maximum atomic E-state index is 13.0. The number of likely N-dealkylation sites (tertiary alicyclic amines) is 1. The van der Waals surface area contributed by atoms with Gasteiger partial charge in [-0.15, -0.1) is 0 Å². The largest absolute Gasteiger partial charge is 0.444 e. The number of amides is 2. The van der Waals surface area contributed by atoms with E-state index in [9.17, 15) is 18.0 Å². The van der Waals surface area contributed by atoms with Gasteiger partial charge in [0.25, 0.3) is 0 Å². The summed E-state index contributed by atoms with van der Waals surface area (Å²) >= 11 is 0. The van der Waals surface area contributed by atoms with Crippen LogP contribution in [-0.4, -0.2) is 83.9 Å². The van der Waals surface area contributed by atoms with E-state index in [1.807, 2.05) is 0 Å². The molecule has 0 unspecified atom stereocenters. The van der Waals surface area contributed by atoms with Crippen LogP contribution < -0.4 is 0 Å². The van der Waals surface area contributed by atoms with Crippen LogP contribution in [-0.2, 0) is 19.6 Å². The Morgan fingerprint density at radius 2 is 1.83 bits per heavy atom. The maximum absolute atomic E-state index is 13.0. The van der Waals surface area contributed by atoms with Crippen LogP contribution in [0.2, 0.25) is 0 Å². The molecule has 9 nitrogen and oxygen atoms in total. The van der Waals surface area contributed by atoms with E-state index in [4.69, 9.17) is 4.74 Å². The second-order valence-corrected chi connectivity index (χ2v) is 10.2. The average Bonchev–Trinajstić information content (AvgIpc) is 3.17. The number of pyridine rings is 1. The molecular formula is C19H28N4O5S. The van der Waals surface area contributed by atoms with Crippen molar-refractivity contribution >= 4 is 22.0 Å². The highest BCUT2D eigenvalue weighted by molar-refractivity contribution is 7.89. The summed E-state index contributed by atoms with van der Waals surface area (Å²) in [6, 6.07) is 2.54. The Bertz CT molecular complexity index is 845. The molecule has 1 aromatic rings. The quantitative estimate of drug-likeness (QED) is 0.725. The van der Waals surface area contributed by atoms with Gasteiger partial charge in [0, 0.05) is 45.1 Å². The van der Waals surface area contributed by atoms with Gasteiger partial charge in [-0.2, -0.15) is 4.31 Å². The molecule has 2 fully saturated rings. The van der Waals surface area contributed by atoms with Crippen molar-refractivity contribution in [3.05, 3.63) is 24.5 Å². The minimum Gasteiger partial charge on any atom is -0.444 e. The van der Waals surface area contributed by atoms with Gasteiger partial charge in [-0.3, -0.25) is 14.7 Å². The van der Waals surface area contributed by atoms with E-state index in [0.29, 0.717) is 13.0 Å².